The highest BCUT2D eigenvalue weighted by molar-refractivity contribution is 5.70. The lowest BCUT2D eigenvalue weighted by atomic mass is 10.1. The fourth-order valence-electron chi connectivity index (χ4n) is 2.41. The standard InChI is InChI=1S/C17H17N5O2/c1-22-15(7-8-19-22)14-5-6-16(21-20-14)18-11-13-4-2-3-12(9-13)10-17(23)24/h2-9H,10-11H2,1H3,(H,18,21)(H,23,24). The van der Waals surface area contributed by atoms with Crippen molar-refractivity contribution in [3.05, 3.63) is 59.8 Å². The summed E-state index contributed by atoms with van der Waals surface area (Å²) >= 11 is 0. The number of nitrogens with one attached hydrogen (secondary N) is 1. The summed E-state index contributed by atoms with van der Waals surface area (Å²) in [5, 5.41) is 24.5. The van der Waals surface area contributed by atoms with Crippen molar-refractivity contribution in [1.29, 1.82) is 0 Å². The van der Waals surface area contributed by atoms with Crippen LogP contribution in [-0.2, 0) is 24.8 Å². The quantitative estimate of drug-likeness (QED) is 0.722. The van der Waals surface area contributed by atoms with Gasteiger partial charge in [-0.3, -0.25) is 9.48 Å². The van der Waals surface area contributed by atoms with E-state index in [2.05, 4.69) is 20.6 Å². The molecule has 0 aliphatic heterocycles. The number of hydrogen-bond donors (Lipinski definition) is 2. The number of aryl methyl sites for hydroxylation is 1. The van der Waals surface area contributed by atoms with Gasteiger partial charge in [-0.1, -0.05) is 24.3 Å². The first-order valence-corrected chi connectivity index (χ1v) is 7.47. The average molecular weight is 323 g/mol. The molecule has 0 atom stereocenters. The molecule has 2 aromatic heterocycles. The van der Waals surface area contributed by atoms with Crippen LogP contribution >= 0.6 is 0 Å². The maximum atomic E-state index is 10.8. The topological polar surface area (TPSA) is 92.9 Å². The van der Waals surface area contributed by atoms with Crippen LogP contribution in [-0.4, -0.2) is 31.1 Å². The van der Waals surface area contributed by atoms with Crippen molar-refractivity contribution in [1.82, 2.24) is 20.0 Å². The monoisotopic (exact) mass is 323 g/mol. The summed E-state index contributed by atoms with van der Waals surface area (Å²) in [5.41, 5.74) is 3.42. The van der Waals surface area contributed by atoms with E-state index in [-0.39, 0.29) is 6.42 Å². The van der Waals surface area contributed by atoms with E-state index in [4.69, 9.17) is 5.11 Å². The molecule has 2 N–H and O–H groups in total. The molecule has 7 nitrogen and oxygen atoms in total. The smallest absolute Gasteiger partial charge is 0.307 e. The van der Waals surface area contributed by atoms with Crippen LogP contribution in [0.3, 0.4) is 0 Å². The number of benzene rings is 1. The van der Waals surface area contributed by atoms with E-state index in [1.54, 1.807) is 16.9 Å². The lowest BCUT2D eigenvalue weighted by Crippen LogP contribution is -2.05. The number of carboxylic acids is 1. The molecule has 0 bridgehead atoms. The summed E-state index contributed by atoms with van der Waals surface area (Å²) in [6.07, 6.45) is 1.74. The molecule has 1 aromatic carbocycles. The SMILES string of the molecule is Cn1nccc1-c1ccc(NCc2cccc(CC(=O)O)c2)nn1. The van der Waals surface area contributed by atoms with E-state index in [0.717, 1.165) is 22.5 Å². The summed E-state index contributed by atoms with van der Waals surface area (Å²) in [4.78, 5) is 10.8. The molecule has 0 aliphatic carbocycles. The molecule has 7 heteroatoms. The molecule has 122 valence electrons. The Morgan fingerprint density at radius 3 is 2.67 bits per heavy atom. The third-order valence-corrected chi connectivity index (χ3v) is 3.57. The molecule has 0 radical (unpaired) electrons. The van der Waals surface area contributed by atoms with Crippen molar-refractivity contribution >= 4 is 11.8 Å². The number of nitrogens with zero attached hydrogens (tertiary/aromatic N) is 4. The van der Waals surface area contributed by atoms with Gasteiger partial charge in [0.05, 0.1) is 12.1 Å². The fraction of sp³-hybridized carbons (Fsp3) is 0.176. The maximum Gasteiger partial charge on any atom is 0.307 e. The molecular weight excluding hydrogens is 306 g/mol. The van der Waals surface area contributed by atoms with Gasteiger partial charge in [0.1, 0.15) is 11.5 Å². The van der Waals surface area contributed by atoms with Gasteiger partial charge in [-0.05, 0) is 29.3 Å². The minimum absolute atomic E-state index is 0.0209. The molecule has 0 unspecified atom stereocenters. The second kappa shape index (κ2) is 6.91. The number of hydrogen-bond acceptors (Lipinski definition) is 5. The van der Waals surface area contributed by atoms with Crippen molar-refractivity contribution < 1.29 is 9.90 Å². The Labute approximate surface area is 139 Å². The van der Waals surface area contributed by atoms with Crippen molar-refractivity contribution in [3.63, 3.8) is 0 Å². The summed E-state index contributed by atoms with van der Waals surface area (Å²) < 4.78 is 1.74. The van der Waals surface area contributed by atoms with E-state index in [1.807, 2.05) is 43.4 Å². The third kappa shape index (κ3) is 3.75. The molecule has 0 saturated heterocycles. The third-order valence-electron chi connectivity index (χ3n) is 3.57. The summed E-state index contributed by atoms with van der Waals surface area (Å²) in [6, 6.07) is 13.1. The first-order chi connectivity index (χ1) is 11.6. The Morgan fingerprint density at radius 1 is 1.17 bits per heavy atom. The second-order valence-electron chi connectivity index (χ2n) is 5.39. The number of aromatic nitrogens is 4. The normalized spacial score (nSPS) is 10.5. The highest BCUT2D eigenvalue weighted by atomic mass is 16.4. The number of aliphatic carboxylic acids is 1. The van der Waals surface area contributed by atoms with E-state index >= 15 is 0 Å². The summed E-state index contributed by atoms with van der Waals surface area (Å²) in [6.45, 7) is 0.549. The first-order valence-electron chi connectivity index (χ1n) is 7.47. The van der Waals surface area contributed by atoms with Gasteiger partial charge in [0.25, 0.3) is 0 Å². The molecule has 0 aliphatic rings. The van der Waals surface area contributed by atoms with Crippen LogP contribution in [0.4, 0.5) is 5.82 Å². The number of carbonyl (C=O) groups is 1. The second-order valence-corrected chi connectivity index (χ2v) is 5.39. The van der Waals surface area contributed by atoms with Crippen LogP contribution in [0.5, 0.6) is 0 Å². The van der Waals surface area contributed by atoms with Crippen molar-refractivity contribution in [2.45, 2.75) is 13.0 Å². The molecule has 0 fully saturated rings. The molecule has 3 rings (SSSR count). The van der Waals surface area contributed by atoms with Crippen LogP contribution in [0.2, 0.25) is 0 Å². The zero-order valence-corrected chi connectivity index (χ0v) is 13.2. The van der Waals surface area contributed by atoms with Crippen LogP contribution in [0.15, 0.2) is 48.7 Å². The lowest BCUT2D eigenvalue weighted by Gasteiger charge is -2.07. The van der Waals surface area contributed by atoms with Gasteiger partial charge >= 0.3 is 5.97 Å². The highest BCUT2D eigenvalue weighted by Gasteiger charge is 2.05. The summed E-state index contributed by atoms with van der Waals surface area (Å²) in [5.74, 6) is -0.179. The molecule has 0 spiro atoms. The number of carboxylic acid groups (broad SMARTS) is 1. The molecule has 2 heterocycles. The van der Waals surface area contributed by atoms with Crippen molar-refractivity contribution in [2.24, 2.45) is 7.05 Å². The predicted molar refractivity (Wildman–Crippen MR) is 89.3 cm³/mol. The zero-order valence-electron chi connectivity index (χ0n) is 13.2. The maximum absolute atomic E-state index is 10.8. The minimum atomic E-state index is -0.836. The molecular formula is C17H17N5O2. The van der Waals surface area contributed by atoms with Gasteiger partial charge < -0.3 is 10.4 Å². The number of anilines is 1. The average Bonchev–Trinajstić information content (AvgIpc) is 2.99. The van der Waals surface area contributed by atoms with Crippen LogP contribution in [0.25, 0.3) is 11.4 Å². The van der Waals surface area contributed by atoms with Crippen molar-refractivity contribution in [3.8, 4) is 11.4 Å². The predicted octanol–water partition coefficient (Wildman–Crippen LogP) is 2.12. The Bertz CT molecular complexity index is 842. The first kappa shape index (κ1) is 15.7. The van der Waals surface area contributed by atoms with Gasteiger partial charge in [-0.2, -0.15) is 5.10 Å². The van der Waals surface area contributed by atoms with Gasteiger partial charge in [0, 0.05) is 19.8 Å². The lowest BCUT2D eigenvalue weighted by molar-refractivity contribution is -0.136. The van der Waals surface area contributed by atoms with E-state index in [1.165, 1.54) is 0 Å². The highest BCUT2D eigenvalue weighted by Crippen LogP contribution is 2.16. The van der Waals surface area contributed by atoms with Crippen LogP contribution < -0.4 is 5.32 Å². The Kier molecular flexibility index (Phi) is 4.51. The Hall–Kier alpha value is -3.22. The van der Waals surface area contributed by atoms with Gasteiger partial charge in [0.15, 0.2) is 0 Å². The number of rotatable bonds is 6. The van der Waals surface area contributed by atoms with E-state index < -0.39 is 5.97 Å². The summed E-state index contributed by atoms with van der Waals surface area (Å²) in [7, 11) is 1.85. The van der Waals surface area contributed by atoms with Crippen LogP contribution in [0, 0.1) is 0 Å². The zero-order chi connectivity index (χ0) is 16.9. The molecule has 0 saturated carbocycles. The van der Waals surface area contributed by atoms with Crippen LogP contribution in [0.1, 0.15) is 11.1 Å². The fourth-order valence-corrected chi connectivity index (χ4v) is 2.41. The Morgan fingerprint density at radius 2 is 2.00 bits per heavy atom. The Balaban J connectivity index is 1.65. The van der Waals surface area contributed by atoms with E-state index in [9.17, 15) is 4.79 Å². The van der Waals surface area contributed by atoms with Gasteiger partial charge in [-0.25, -0.2) is 0 Å². The van der Waals surface area contributed by atoms with Crippen molar-refractivity contribution in [2.75, 3.05) is 5.32 Å². The molecule has 3 aromatic rings. The molecule has 0 amide bonds. The largest absolute Gasteiger partial charge is 0.481 e. The minimum Gasteiger partial charge on any atom is -0.481 e. The van der Waals surface area contributed by atoms with Gasteiger partial charge in [-0.15, -0.1) is 10.2 Å². The van der Waals surface area contributed by atoms with E-state index in [0.29, 0.717) is 12.4 Å². The van der Waals surface area contributed by atoms with Gasteiger partial charge in [0.2, 0.25) is 0 Å². The molecule has 24 heavy (non-hydrogen) atoms.